The van der Waals surface area contributed by atoms with Crippen LogP contribution in [0.5, 0.6) is 5.75 Å². The van der Waals surface area contributed by atoms with E-state index in [4.69, 9.17) is 9.47 Å². The summed E-state index contributed by atoms with van der Waals surface area (Å²) in [7, 11) is 0. The Morgan fingerprint density at radius 3 is 2.77 bits per heavy atom. The van der Waals surface area contributed by atoms with Crippen molar-refractivity contribution in [3.8, 4) is 5.75 Å². The lowest BCUT2D eigenvalue weighted by atomic mass is 10.1. The van der Waals surface area contributed by atoms with Gasteiger partial charge in [0.25, 0.3) is 0 Å². The smallest absolute Gasteiger partial charge is 0.341 e. The first kappa shape index (κ1) is 16.7. The zero-order valence-corrected chi connectivity index (χ0v) is 13.1. The van der Waals surface area contributed by atoms with Crippen LogP contribution in [0.3, 0.4) is 0 Å². The third-order valence-corrected chi connectivity index (χ3v) is 3.30. The molecule has 1 fully saturated rings. The van der Waals surface area contributed by atoms with E-state index < -0.39 is 23.6 Å². The van der Waals surface area contributed by atoms with E-state index in [-0.39, 0.29) is 18.0 Å². The molecule has 1 N–H and O–H groups in total. The molecule has 0 aliphatic carbocycles. The molecule has 1 aliphatic rings. The maximum Gasteiger partial charge on any atom is 0.341 e. The number of hydrogen-bond donors (Lipinski definition) is 1. The summed E-state index contributed by atoms with van der Waals surface area (Å²) < 4.78 is 24.9. The number of hydrogen-bond acceptors (Lipinski definition) is 5. The lowest BCUT2D eigenvalue weighted by molar-refractivity contribution is -0.00844. The number of likely N-dealkylation sites (tertiary alicyclic amines) is 1. The molecule has 0 aromatic heterocycles. The fourth-order valence-corrected chi connectivity index (χ4v) is 2.22. The maximum atomic E-state index is 14.4. The predicted octanol–water partition coefficient (Wildman–Crippen LogP) is 2.53. The van der Waals surface area contributed by atoms with Crippen LogP contribution in [0.25, 0.3) is 0 Å². The molecule has 0 amide bonds. The molecule has 122 valence electrons. The van der Waals surface area contributed by atoms with Gasteiger partial charge in [0, 0.05) is 6.54 Å². The van der Waals surface area contributed by atoms with Gasteiger partial charge in [-0.2, -0.15) is 0 Å². The molecule has 2 rings (SSSR count). The molecule has 0 radical (unpaired) electrons. The lowest BCUT2D eigenvalue weighted by Crippen LogP contribution is -2.32. The minimum Gasteiger partial charge on any atom is -0.475 e. The molecule has 0 spiro atoms. The fraction of sp³-hybridized carbons (Fsp3) is 0.562. The Balaban J connectivity index is 2.07. The van der Waals surface area contributed by atoms with Crippen LogP contribution in [-0.2, 0) is 4.74 Å². The van der Waals surface area contributed by atoms with Crippen molar-refractivity contribution in [2.45, 2.75) is 45.4 Å². The summed E-state index contributed by atoms with van der Waals surface area (Å²) in [6.45, 7) is 5.94. The second kappa shape index (κ2) is 6.62. The standard InChI is InChI=1S/C16H22FNO4/c1-16(2,3)22-15(20)11-6-4-7-12(14(11)17)21-10-18-9-5-8-13(18)19/h4,6-7,13,19H,5,8-10H2,1-3H3/t13-/m0/s1. The number of ether oxygens (including phenoxy) is 2. The van der Waals surface area contributed by atoms with Crippen LogP contribution in [0.1, 0.15) is 44.0 Å². The molecule has 0 unspecified atom stereocenters. The number of aliphatic hydroxyl groups is 1. The number of aliphatic hydroxyl groups excluding tert-OH is 1. The maximum absolute atomic E-state index is 14.4. The monoisotopic (exact) mass is 311 g/mol. The lowest BCUT2D eigenvalue weighted by Gasteiger charge is -2.21. The molecule has 6 heteroatoms. The zero-order valence-electron chi connectivity index (χ0n) is 13.1. The molecule has 1 aromatic rings. The summed E-state index contributed by atoms with van der Waals surface area (Å²) in [5, 5.41) is 9.68. The van der Waals surface area contributed by atoms with Crippen molar-refractivity contribution in [2.75, 3.05) is 13.3 Å². The second-order valence-electron chi connectivity index (χ2n) is 6.33. The average Bonchev–Trinajstić information content (AvgIpc) is 2.81. The van der Waals surface area contributed by atoms with E-state index in [0.717, 1.165) is 6.42 Å². The first-order valence-corrected chi connectivity index (χ1v) is 7.35. The van der Waals surface area contributed by atoms with E-state index in [9.17, 15) is 14.3 Å². The Hall–Kier alpha value is -1.66. The van der Waals surface area contributed by atoms with Crippen molar-refractivity contribution in [1.82, 2.24) is 4.90 Å². The van der Waals surface area contributed by atoms with E-state index in [1.807, 2.05) is 0 Å². The Labute approximate surface area is 129 Å². The molecule has 1 aromatic carbocycles. The van der Waals surface area contributed by atoms with Gasteiger partial charge in [0.2, 0.25) is 0 Å². The first-order valence-electron chi connectivity index (χ1n) is 7.35. The number of benzene rings is 1. The third kappa shape index (κ3) is 4.18. The minimum atomic E-state index is -0.745. The van der Waals surface area contributed by atoms with Gasteiger partial charge < -0.3 is 14.6 Å². The molecule has 5 nitrogen and oxygen atoms in total. The van der Waals surface area contributed by atoms with E-state index in [1.54, 1.807) is 25.7 Å². The summed E-state index contributed by atoms with van der Waals surface area (Å²) in [6, 6.07) is 4.35. The van der Waals surface area contributed by atoms with Crippen LogP contribution < -0.4 is 4.74 Å². The van der Waals surface area contributed by atoms with Gasteiger partial charge in [-0.25, -0.2) is 14.1 Å². The van der Waals surface area contributed by atoms with Crippen LogP contribution >= 0.6 is 0 Å². The summed E-state index contributed by atoms with van der Waals surface area (Å²) >= 11 is 0. The van der Waals surface area contributed by atoms with Crippen LogP contribution in [0.4, 0.5) is 4.39 Å². The molecule has 1 saturated heterocycles. The van der Waals surface area contributed by atoms with Gasteiger partial charge in [-0.1, -0.05) is 6.07 Å². The normalized spacial score (nSPS) is 19.2. The molecular weight excluding hydrogens is 289 g/mol. The zero-order chi connectivity index (χ0) is 16.3. The highest BCUT2D eigenvalue weighted by Crippen LogP contribution is 2.24. The van der Waals surface area contributed by atoms with Gasteiger partial charge in [-0.3, -0.25) is 0 Å². The molecule has 1 heterocycles. The van der Waals surface area contributed by atoms with Crippen molar-refractivity contribution in [3.63, 3.8) is 0 Å². The van der Waals surface area contributed by atoms with E-state index in [1.165, 1.54) is 18.2 Å². The summed E-state index contributed by atoms with van der Waals surface area (Å²) in [6.07, 6.45) is 1.01. The number of nitrogens with zero attached hydrogens (tertiary/aromatic N) is 1. The van der Waals surface area contributed by atoms with Gasteiger partial charge in [0.1, 0.15) is 18.6 Å². The minimum absolute atomic E-state index is 0.0255. The highest BCUT2D eigenvalue weighted by molar-refractivity contribution is 5.90. The van der Waals surface area contributed by atoms with Crippen LogP contribution in [0.2, 0.25) is 0 Å². The molecular formula is C16H22FNO4. The van der Waals surface area contributed by atoms with E-state index >= 15 is 0 Å². The van der Waals surface area contributed by atoms with Crippen molar-refractivity contribution in [3.05, 3.63) is 29.6 Å². The summed E-state index contributed by atoms with van der Waals surface area (Å²) in [5.41, 5.74) is -0.852. The van der Waals surface area contributed by atoms with Gasteiger partial charge in [0.15, 0.2) is 11.6 Å². The predicted molar refractivity (Wildman–Crippen MR) is 79.0 cm³/mol. The number of rotatable bonds is 4. The summed E-state index contributed by atoms with van der Waals surface area (Å²) in [4.78, 5) is 13.7. The Kier molecular flexibility index (Phi) is 5.03. The van der Waals surface area contributed by atoms with Gasteiger partial charge in [-0.15, -0.1) is 0 Å². The molecule has 1 atom stereocenters. The average molecular weight is 311 g/mol. The first-order chi connectivity index (χ1) is 10.3. The van der Waals surface area contributed by atoms with Gasteiger partial charge in [0.05, 0.1) is 5.56 Å². The Morgan fingerprint density at radius 2 is 2.18 bits per heavy atom. The van der Waals surface area contributed by atoms with Crippen molar-refractivity contribution >= 4 is 5.97 Å². The molecule has 1 aliphatic heterocycles. The highest BCUT2D eigenvalue weighted by Gasteiger charge is 2.25. The second-order valence-corrected chi connectivity index (χ2v) is 6.33. The van der Waals surface area contributed by atoms with Crippen LogP contribution in [-0.4, -0.2) is 41.1 Å². The van der Waals surface area contributed by atoms with Gasteiger partial charge in [-0.05, 0) is 45.7 Å². The van der Waals surface area contributed by atoms with Crippen molar-refractivity contribution in [1.29, 1.82) is 0 Å². The fourth-order valence-electron chi connectivity index (χ4n) is 2.22. The number of carbonyl (C=O) groups is 1. The number of carbonyl (C=O) groups excluding carboxylic acids is 1. The van der Waals surface area contributed by atoms with Crippen LogP contribution in [0, 0.1) is 5.82 Å². The Morgan fingerprint density at radius 1 is 1.45 bits per heavy atom. The topological polar surface area (TPSA) is 59.0 Å². The number of esters is 1. The largest absolute Gasteiger partial charge is 0.475 e. The highest BCUT2D eigenvalue weighted by atomic mass is 19.1. The van der Waals surface area contributed by atoms with Crippen molar-refractivity contribution in [2.24, 2.45) is 0 Å². The van der Waals surface area contributed by atoms with E-state index in [2.05, 4.69) is 0 Å². The van der Waals surface area contributed by atoms with Gasteiger partial charge >= 0.3 is 5.97 Å². The molecule has 22 heavy (non-hydrogen) atoms. The van der Waals surface area contributed by atoms with E-state index in [0.29, 0.717) is 13.0 Å². The Bertz CT molecular complexity index is 541. The third-order valence-electron chi connectivity index (χ3n) is 3.30. The van der Waals surface area contributed by atoms with Crippen molar-refractivity contribution < 1.29 is 23.8 Å². The molecule has 0 saturated carbocycles. The SMILES string of the molecule is CC(C)(C)OC(=O)c1cccc(OCN2CCC[C@@H]2O)c1F. The quantitative estimate of drug-likeness (QED) is 0.866. The van der Waals surface area contributed by atoms with Crippen LogP contribution in [0.15, 0.2) is 18.2 Å². The molecule has 0 bridgehead atoms. The number of halogens is 1. The summed E-state index contributed by atoms with van der Waals surface area (Å²) in [5.74, 6) is -1.50.